The van der Waals surface area contributed by atoms with Crippen LogP contribution < -0.4 is 5.32 Å². The van der Waals surface area contributed by atoms with Crippen LogP contribution in [0.2, 0.25) is 0 Å². The zero-order valence-electron chi connectivity index (χ0n) is 15.5. The van der Waals surface area contributed by atoms with Crippen molar-refractivity contribution in [3.63, 3.8) is 0 Å². The largest absolute Gasteiger partial charge is 0.338 e. The van der Waals surface area contributed by atoms with Crippen LogP contribution in [0.3, 0.4) is 0 Å². The topological polar surface area (TPSA) is 49.4 Å². The zero-order chi connectivity index (χ0) is 18.5. The first-order chi connectivity index (χ1) is 12.6. The molecule has 26 heavy (non-hydrogen) atoms. The van der Waals surface area contributed by atoms with E-state index in [1.165, 1.54) is 5.56 Å². The number of carbonyl (C=O) groups excluding carboxylic acids is 2. The molecular weight excluding hydrogens is 324 g/mol. The molecule has 0 aliphatic carbocycles. The second-order valence-electron chi connectivity index (χ2n) is 6.76. The lowest BCUT2D eigenvalue weighted by molar-refractivity contribution is -0.131. The summed E-state index contributed by atoms with van der Waals surface area (Å²) in [6.45, 7) is 5.32. The van der Waals surface area contributed by atoms with Crippen LogP contribution >= 0.6 is 0 Å². The summed E-state index contributed by atoms with van der Waals surface area (Å²) in [4.78, 5) is 26.6. The molecule has 1 atom stereocenters. The van der Waals surface area contributed by atoms with E-state index >= 15 is 0 Å². The van der Waals surface area contributed by atoms with Gasteiger partial charge in [-0.2, -0.15) is 0 Å². The van der Waals surface area contributed by atoms with Gasteiger partial charge in [0.15, 0.2) is 0 Å². The van der Waals surface area contributed by atoms with Crippen LogP contribution in [0.1, 0.15) is 49.3 Å². The monoisotopic (exact) mass is 350 g/mol. The molecule has 4 nitrogen and oxygen atoms in total. The summed E-state index contributed by atoms with van der Waals surface area (Å²) in [6, 6.07) is 15.9. The molecule has 2 aromatic rings. The third kappa shape index (κ3) is 3.96. The van der Waals surface area contributed by atoms with Gasteiger partial charge < -0.3 is 10.2 Å². The molecule has 1 aliphatic rings. The van der Waals surface area contributed by atoms with Crippen molar-refractivity contribution in [1.29, 1.82) is 0 Å². The molecule has 0 radical (unpaired) electrons. The molecule has 2 amide bonds. The van der Waals surface area contributed by atoms with Crippen molar-refractivity contribution in [2.75, 3.05) is 11.9 Å². The van der Waals surface area contributed by atoms with Crippen molar-refractivity contribution in [1.82, 2.24) is 4.90 Å². The first-order valence-corrected chi connectivity index (χ1v) is 9.37. The maximum Gasteiger partial charge on any atom is 0.231 e. The summed E-state index contributed by atoms with van der Waals surface area (Å²) in [5.74, 6) is 0.0292. The van der Waals surface area contributed by atoms with E-state index in [1.54, 1.807) is 0 Å². The Balaban J connectivity index is 1.74. The van der Waals surface area contributed by atoms with Crippen molar-refractivity contribution in [2.24, 2.45) is 0 Å². The first kappa shape index (κ1) is 18.2. The first-order valence-electron chi connectivity index (χ1n) is 9.37. The van der Waals surface area contributed by atoms with Gasteiger partial charge in [0, 0.05) is 25.2 Å². The summed E-state index contributed by atoms with van der Waals surface area (Å²) < 4.78 is 0. The Kier molecular flexibility index (Phi) is 5.71. The van der Waals surface area contributed by atoms with E-state index in [1.807, 2.05) is 61.2 Å². The highest BCUT2D eigenvalue weighted by molar-refractivity contribution is 5.96. The van der Waals surface area contributed by atoms with Gasteiger partial charge in [0.1, 0.15) is 0 Å². The highest BCUT2D eigenvalue weighted by Crippen LogP contribution is 2.25. The lowest BCUT2D eigenvalue weighted by atomic mass is 9.95. The van der Waals surface area contributed by atoms with Crippen LogP contribution in [-0.4, -0.2) is 23.3 Å². The van der Waals surface area contributed by atoms with Crippen molar-refractivity contribution in [3.05, 3.63) is 65.2 Å². The molecule has 1 aliphatic heterocycles. The molecule has 1 heterocycles. The molecule has 136 valence electrons. The predicted octanol–water partition coefficient (Wildman–Crippen LogP) is 4.11. The molecule has 1 unspecified atom stereocenters. The number of amides is 2. The molecule has 0 aromatic heterocycles. The van der Waals surface area contributed by atoms with Crippen LogP contribution in [0, 0.1) is 0 Å². The third-order valence-electron chi connectivity index (χ3n) is 5.07. The number of anilines is 1. The number of rotatable bonds is 5. The van der Waals surface area contributed by atoms with Crippen molar-refractivity contribution in [2.45, 2.75) is 45.6 Å². The van der Waals surface area contributed by atoms with Gasteiger partial charge in [-0.25, -0.2) is 0 Å². The van der Waals surface area contributed by atoms with Gasteiger partial charge in [-0.1, -0.05) is 50.2 Å². The second kappa shape index (κ2) is 8.17. The molecule has 0 saturated heterocycles. The smallest absolute Gasteiger partial charge is 0.231 e. The number of nitrogens with one attached hydrogen (secondary N) is 1. The van der Waals surface area contributed by atoms with E-state index in [0.29, 0.717) is 13.0 Å². The number of hydrogen-bond acceptors (Lipinski definition) is 2. The third-order valence-corrected chi connectivity index (χ3v) is 5.07. The fourth-order valence-corrected chi connectivity index (χ4v) is 3.56. The summed E-state index contributed by atoms with van der Waals surface area (Å²) >= 11 is 0. The maximum atomic E-state index is 12.8. The van der Waals surface area contributed by atoms with Crippen molar-refractivity contribution < 1.29 is 9.59 Å². The highest BCUT2D eigenvalue weighted by Gasteiger charge is 2.21. The molecule has 0 bridgehead atoms. The van der Waals surface area contributed by atoms with Gasteiger partial charge in [-0.05, 0) is 41.7 Å². The average molecular weight is 350 g/mol. The fraction of sp³-hybridized carbons (Fsp3) is 0.364. The number of benzene rings is 2. The van der Waals surface area contributed by atoms with Crippen LogP contribution in [0.4, 0.5) is 5.69 Å². The number of fused-ring (bicyclic) bond motifs is 1. The highest BCUT2D eigenvalue weighted by atomic mass is 16.2. The Hall–Kier alpha value is -2.62. The standard InChI is InChI=1S/C22H26N2O2/c1-3-20(17-8-6-5-7-9-17)22(26)23-19-11-10-16-12-13-24(21(25)4-2)15-18(16)14-19/h5-11,14,20H,3-4,12-13,15H2,1-2H3,(H,23,26). The van der Waals surface area contributed by atoms with E-state index in [0.717, 1.165) is 36.2 Å². The number of nitrogens with zero attached hydrogens (tertiary/aromatic N) is 1. The second-order valence-corrected chi connectivity index (χ2v) is 6.76. The Morgan fingerprint density at radius 1 is 1.08 bits per heavy atom. The van der Waals surface area contributed by atoms with E-state index in [-0.39, 0.29) is 17.7 Å². The molecule has 0 saturated carbocycles. The van der Waals surface area contributed by atoms with Crippen molar-refractivity contribution >= 4 is 17.5 Å². The van der Waals surface area contributed by atoms with E-state index < -0.39 is 0 Å². The Labute approximate surface area is 155 Å². The Morgan fingerprint density at radius 3 is 2.54 bits per heavy atom. The molecule has 1 N–H and O–H groups in total. The van der Waals surface area contributed by atoms with Gasteiger partial charge in [-0.15, -0.1) is 0 Å². The summed E-state index contributed by atoms with van der Waals surface area (Å²) in [6.07, 6.45) is 2.15. The minimum absolute atomic E-state index is 0.0101. The fourth-order valence-electron chi connectivity index (χ4n) is 3.56. The normalized spacial score (nSPS) is 14.5. The molecule has 0 fully saturated rings. The summed E-state index contributed by atoms with van der Waals surface area (Å²) in [5.41, 5.74) is 4.22. The number of carbonyl (C=O) groups is 2. The zero-order valence-corrected chi connectivity index (χ0v) is 15.5. The molecule has 2 aromatic carbocycles. The molecular formula is C22H26N2O2. The summed E-state index contributed by atoms with van der Waals surface area (Å²) in [7, 11) is 0. The number of hydrogen-bond donors (Lipinski definition) is 1. The van der Waals surface area contributed by atoms with E-state index in [4.69, 9.17) is 0 Å². The van der Waals surface area contributed by atoms with Crippen LogP contribution in [0.5, 0.6) is 0 Å². The van der Waals surface area contributed by atoms with Crippen LogP contribution in [-0.2, 0) is 22.6 Å². The van der Waals surface area contributed by atoms with Crippen molar-refractivity contribution in [3.8, 4) is 0 Å². The van der Waals surface area contributed by atoms with Gasteiger partial charge in [0.05, 0.1) is 5.92 Å². The lowest BCUT2D eigenvalue weighted by Crippen LogP contribution is -2.35. The van der Waals surface area contributed by atoms with Crippen LogP contribution in [0.25, 0.3) is 0 Å². The minimum atomic E-state index is -0.162. The molecule has 0 spiro atoms. The molecule has 3 rings (SSSR count). The van der Waals surface area contributed by atoms with E-state index in [9.17, 15) is 9.59 Å². The lowest BCUT2D eigenvalue weighted by Gasteiger charge is -2.29. The minimum Gasteiger partial charge on any atom is -0.338 e. The summed E-state index contributed by atoms with van der Waals surface area (Å²) in [5, 5.41) is 3.06. The Morgan fingerprint density at radius 2 is 1.85 bits per heavy atom. The van der Waals surface area contributed by atoms with Crippen LogP contribution in [0.15, 0.2) is 48.5 Å². The average Bonchev–Trinajstić information content (AvgIpc) is 2.68. The predicted molar refractivity (Wildman–Crippen MR) is 104 cm³/mol. The maximum absolute atomic E-state index is 12.8. The van der Waals surface area contributed by atoms with Gasteiger partial charge in [-0.3, -0.25) is 9.59 Å². The quantitative estimate of drug-likeness (QED) is 0.882. The van der Waals surface area contributed by atoms with Gasteiger partial charge >= 0.3 is 0 Å². The van der Waals surface area contributed by atoms with Gasteiger partial charge in [0.2, 0.25) is 11.8 Å². The Bertz CT molecular complexity index is 786. The molecule has 4 heteroatoms. The van der Waals surface area contributed by atoms with E-state index in [2.05, 4.69) is 11.4 Å². The SMILES string of the molecule is CCC(=O)N1CCc2ccc(NC(=O)C(CC)c3ccccc3)cc2C1. The van der Waals surface area contributed by atoms with Gasteiger partial charge in [0.25, 0.3) is 0 Å².